The molecule has 0 radical (unpaired) electrons. The van der Waals surface area contributed by atoms with Crippen LogP contribution in [0, 0.1) is 13.8 Å². The summed E-state index contributed by atoms with van der Waals surface area (Å²) in [5.74, 6) is 0. The molecule has 1 aliphatic heterocycles. The van der Waals surface area contributed by atoms with E-state index in [1.807, 2.05) is 0 Å². The highest BCUT2D eigenvalue weighted by atomic mass is 15.3. The smallest absolute Gasteiger partial charge is 0.0628 e. The number of nitrogens with zero attached hydrogens (tertiary/aromatic N) is 2. The second kappa shape index (κ2) is 4.35. The maximum Gasteiger partial charge on any atom is 0.0628 e. The lowest BCUT2D eigenvalue weighted by atomic mass is 10.1. The minimum absolute atomic E-state index is 0.632. The molecule has 1 aromatic rings. The Kier molecular flexibility index (Phi) is 3.10. The first-order valence-electron chi connectivity index (χ1n) is 5.98. The van der Waals surface area contributed by atoms with Crippen molar-refractivity contribution in [3.8, 4) is 0 Å². The van der Waals surface area contributed by atoms with Crippen molar-refractivity contribution in [1.29, 1.82) is 0 Å². The van der Waals surface area contributed by atoms with Gasteiger partial charge in [0.05, 0.1) is 12.2 Å². The zero-order chi connectivity index (χ0) is 10.8. The van der Waals surface area contributed by atoms with Crippen LogP contribution in [0.25, 0.3) is 0 Å². The first-order valence-corrected chi connectivity index (χ1v) is 5.98. The van der Waals surface area contributed by atoms with Gasteiger partial charge in [-0.15, -0.1) is 0 Å². The number of hydrogen-bond acceptors (Lipinski definition) is 2. The SMILES string of the molecule is CCc1c(C)nn(C[C@H]2CCCN2)c1C. The van der Waals surface area contributed by atoms with E-state index in [4.69, 9.17) is 0 Å². The van der Waals surface area contributed by atoms with Gasteiger partial charge in [-0.25, -0.2) is 0 Å². The topological polar surface area (TPSA) is 29.9 Å². The van der Waals surface area contributed by atoms with Gasteiger partial charge in [-0.05, 0) is 45.2 Å². The molecule has 2 heterocycles. The van der Waals surface area contributed by atoms with E-state index >= 15 is 0 Å². The van der Waals surface area contributed by atoms with E-state index in [9.17, 15) is 0 Å². The normalized spacial score (nSPS) is 21.1. The molecule has 1 aromatic heterocycles. The van der Waals surface area contributed by atoms with Crippen LogP contribution in [-0.4, -0.2) is 22.4 Å². The molecular weight excluding hydrogens is 186 g/mol. The van der Waals surface area contributed by atoms with Gasteiger partial charge in [0, 0.05) is 11.7 Å². The summed E-state index contributed by atoms with van der Waals surface area (Å²) in [5, 5.41) is 8.14. The van der Waals surface area contributed by atoms with Crippen LogP contribution in [0.4, 0.5) is 0 Å². The minimum atomic E-state index is 0.632. The van der Waals surface area contributed by atoms with Gasteiger partial charge in [0.15, 0.2) is 0 Å². The van der Waals surface area contributed by atoms with Crippen molar-refractivity contribution >= 4 is 0 Å². The third kappa shape index (κ3) is 2.07. The molecule has 1 aliphatic rings. The molecule has 84 valence electrons. The molecule has 1 fully saturated rings. The quantitative estimate of drug-likeness (QED) is 0.819. The Bertz CT molecular complexity index is 335. The van der Waals surface area contributed by atoms with Gasteiger partial charge < -0.3 is 5.32 Å². The zero-order valence-corrected chi connectivity index (χ0v) is 10.0. The summed E-state index contributed by atoms with van der Waals surface area (Å²) in [5.41, 5.74) is 3.98. The first kappa shape index (κ1) is 10.7. The van der Waals surface area contributed by atoms with E-state index in [2.05, 4.69) is 35.9 Å². The standard InChI is InChI=1S/C12H21N3/c1-4-12-9(2)14-15(10(12)3)8-11-6-5-7-13-11/h11,13H,4-8H2,1-3H3/t11-/m1/s1. The van der Waals surface area contributed by atoms with E-state index in [1.54, 1.807) is 0 Å². The maximum absolute atomic E-state index is 4.62. The Balaban J connectivity index is 2.13. The molecule has 15 heavy (non-hydrogen) atoms. The van der Waals surface area contributed by atoms with Gasteiger partial charge >= 0.3 is 0 Å². The predicted octanol–water partition coefficient (Wildman–Crippen LogP) is 1.81. The Hall–Kier alpha value is -0.830. The largest absolute Gasteiger partial charge is 0.312 e. The van der Waals surface area contributed by atoms with Gasteiger partial charge in [0.1, 0.15) is 0 Å². The Labute approximate surface area is 91.9 Å². The highest BCUT2D eigenvalue weighted by Crippen LogP contribution is 2.15. The fourth-order valence-electron chi connectivity index (χ4n) is 2.54. The molecule has 0 saturated carbocycles. The summed E-state index contributed by atoms with van der Waals surface area (Å²) < 4.78 is 2.18. The van der Waals surface area contributed by atoms with Crippen LogP contribution in [0.3, 0.4) is 0 Å². The van der Waals surface area contributed by atoms with Crippen molar-refractivity contribution in [3.05, 3.63) is 17.0 Å². The Morgan fingerprint density at radius 3 is 2.80 bits per heavy atom. The van der Waals surface area contributed by atoms with Crippen molar-refractivity contribution in [3.63, 3.8) is 0 Å². The van der Waals surface area contributed by atoms with Crippen LogP contribution in [0.5, 0.6) is 0 Å². The number of rotatable bonds is 3. The van der Waals surface area contributed by atoms with E-state index in [0.717, 1.165) is 13.0 Å². The van der Waals surface area contributed by atoms with Gasteiger partial charge in [-0.3, -0.25) is 4.68 Å². The summed E-state index contributed by atoms with van der Waals surface area (Å²) in [6.45, 7) is 8.71. The highest BCUT2D eigenvalue weighted by molar-refractivity contribution is 5.24. The molecule has 0 aromatic carbocycles. The number of hydrogen-bond donors (Lipinski definition) is 1. The van der Waals surface area contributed by atoms with Crippen LogP contribution < -0.4 is 5.32 Å². The van der Waals surface area contributed by atoms with Crippen LogP contribution in [0.2, 0.25) is 0 Å². The number of aryl methyl sites for hydroxylation is 1. The number of aromatic nitrogens is 2. The minimum Gasteiger partial charge on any atom is -0.312 e. The summed E-state index contributed by atoms with van der Waals surface area (Å²) in [4.78, 5) is 0. The summed E-state index contributed by atoms with van der Waals surface area (Å²) >= 11 is 0. The first-order chi connectivity index (χ1) is 7.22. The second-order valence-electron chi connectivity index (χ2n) is 4.48. The molecule has 0 bridgehead atoms. The van der Waals surface area contributed by atoms with Crippen molar-refractivity contribution in [2.75, 3.05) is 6.54 Å². The van der Waals surface area contributed by atoms with Gasteiger partial charge in [0.25, 0.3) is 0 Å². The average molecular weight is 207 g/mol. The zero-order valence-electron chi connectivity index (χ0n) is 10.0. The molecule has 2 rings (SSSR count). The lowest BCUT2D eigenvalue weighted by Crippen LogP contribution is -2.27. The van der Waals surface area contributed by atoms with Crippen molar-refractivity contribution < 1.29 is 0 Å². The average Bonchev–Trinajstić information content (AvgIpc) is 2.78. The van der Waals surface area contributed by atoms with Crippen LogP contribution in [0.1, 0.15) is 36.7 Å². The molecule has 3 heteroatoms. The Morgan fingerprint density at radius 2 is 2.27 bits per heavy atom. The Morgan fingerprint density at radius 1 is 1.47 bits per heavy atom. The molecule has 0 spiro atoms. The summed E-state index contributed by atoms with van der Waals surface area (Å²) in [6, 6.07) is 0.632. The molecule has 1 atom stereocenters. The predicted molar refractivity (Wildman–Crippen MR) is 62.1 cm³/mol. The second-order valence-corrected chi connectivity index (χ2v) is 4.48. The van der Waals surface area contributed by atoms with Crippen LogP contribution in [-0.2, 0) is 13.0 Å². The molecule has 0 amide bonds. The van der Waals surface area contributed by atoms with E-state index in [1.165, 1.54) is 36.3 Å². The molecule has 3 nitrogen and oxygen atoms in total. The van der Waals surface area contributed by atoms with Crippen LogP contribution in [0.15, 0.2) is 0 Å². The fraction of sp³-hybridized carbons (Fsp3) is 0.750. The lowest BCUT2D eigenvalue weighted by Gasteiger charge is -2.11. The highest BCUT2D eigenvalue weighted by Gasteiger charge is 2.17. The molecule has 0 unspecified atom stereocenters. The van der Waals surface area contributed by atoms with Crippen molar-refractivity contribution in [2.45, 2.75) is 52.6 Å². The van der Waals surface area contributed by atoms with Gasteiger partial charge in [-0.2, -0.15) is 5.10 Å². The van der Waals surface area contributed by atoms with Gasteiger partial charge in [0.2, 0.25) is 0 Å². The lowest BCUT2D eigenvalue weighted by molar-refractivity contribution is 0.467. The summed E-state index contributed by atoms with van der Waals surface area (Å²) in [7, 11) is 0. The number of nitrogens with one attached hydrogen (secondary N) is 1. The monoisotopic (exact) mass is 207 g/mol. The molecular formula is C12H21N3. The maximum atomic E-state index is 4.62. The van der Waals surface area contributed by atoms with E-state index < -0.39 is 0 Å². The third-order valence-electron chi connectivity index (χ3n) is 3.44. The van der Waals surface area contributed by atoms with Crippen molar-refractivity contribution in [1.82, 2.24) is 15.1 Å². The molecule has 1 saturated heterocycles. The fourth-order valence-corrected chi connectivity index (χ4v) is 2.54. The summed E-state index contributed by atoms with van der Waals surface area (Å²) in [6.07, 6.45) is 3.69. The van der Waals surface area contributed by atoms with Crippen molar-refractivity contribution in [2.24, 2.45) is 0 Å². The molecule has 0 aliphatic carbocycles. The van der Waals surface area contributed by atoms with Crippen LogP contribution >= 0.6 is 0 Å². The van der Waals surface area contributed by atoms with E-state index in [-0.39, 0.29) is 0 Å². The van der Waals surface area contributed by atoms with Gasteiger partial charge in [-0.1, -0.05) is 6.92 Å². The molecule has 1 N–H and O–H groups in total. The third-order valence-corrected chi connectivity index (χ3v) is 3.44. The van der Waals surface area contributed by atoms with E-state index in [0.29, 0.717) is 6.04 Å².